The minimum absolute atomic E-state index is 1.03. The van der Waals surface area contributed by atoms with Gasteiger partial charge in [0.1, 0.15) is 0 Å². The van der Waals surface area contributed by atoms with Crippen molar-refractivity contribution in [2.45, 2.75) is 5.50 Å². The quantitative estimate of drug-likeness (QED) is 0.530. The summed E-state index contributed by atoms with van der Waals surface area (Å²) in [5.74, 6) is 0. The fourth-order valence-electron chi connectivity index (χ4n) is 0.329. The van der Waals surface area contributed by atoms with Crippen molar-refractivity contribution in [3.8, 4) is 0 Å². The van der Waals surface area contributed by atoms with E-state index < -0.39 is 15.3 Å². The van der Waals surface area contributed by atoms with E-state index in [0.29, 0.717) is 0 Å². The van der Waals surface area contributed by atoms with Crippen molar-refractivity contribution >= 4 is 9.84 Å². The predicted molar refractivity (Wildman–Crippen MR) is 28.3 cm³/mol. The smallest absolute Gasteiger partial charge is 0.225 e. The van der Waals surface area contributed by atoms with E-state index in [1.165, 1.54) is 0 Å². The molecule has 50 valence electrons. The van der Waals surface area contributed by atoms with Gasteiger partial charge in [0, 0.05) is 6.26 Å². The molecular weight excluding hydrogens is 144 g/mol. The van der Waals surface area contributed by atoms with E-state index >= 15 is 0 Å². The van der Waals surface area contributed by atoms with Crippen molar-refractivity contribution in [3.63, 3.8) is 0 Å². The van der Waals surface area contributed by atoms with E-state index in [2.05, 4.69) is 20.7 Å². The van der Waals surface area contributed by atoms with Crippen molar-refractivity contribution in [3.05, 3.63) is 0 Å². The molecule has 9 heavy (non-hydrogen) atoms. The lowest BCUT2D eigenvalue weighted by Crippen LogP contribution is -2.11. The second-order valence-corrected chi connectivity index (χ2v) is 3.65. The SMILES string of the molecule is CS(=O)(=O)C1N=NN=N1. The first-order valence-corrected chi connectivity index (χ1v) is 4.05. The Bertz CT molecular complexity index is 240. The van der Waals surface area contributed by atoms with Crippen LogP contribution >= 0.6 is 0 Å². The molecule has 1 rings (SSSR count). The van der Waals surface area contributed by atoms with Gasteiger partial charge in [0.2, 0.25) is 0 Å². The number of nitrogens with zero attached hydrogens (tertiary/aromatic N) is 4. The van der Waals surface area contributed by atoms with Crippen LogP contribution in [0.1, 0.15) is 0 Å². The standard InChI is InChI=1S/C2H4N4O2S/c1-9(7,8)2-3-5-6-4-2/h2H,1H3. The highest BCUT2D eigenvalue weighted by atomic mass is 32.2. The van der Waals surface area contributed by atoms with Crippen molar-refractivity contribution in [1.29, 1.82) is 0 Å². The lowest BCUT2D eigenvalue weighted by molar-refractivity contribution is 0.588. The van der Waals surface area contributed by atoms with E-state index in [1.54, 1.807) is 0 Å². The number of hydrogen-bond acceptors (Lipinski definition) is 6. The van der Waals surface area contributed by atoms with Crippen LogP contribution in [0, 0.1) is 0 Å². The van der Waals surface area contributed by atoms with E-state index in [1.807, 2.05) is 0 Å². The second-order valence-electron chi connectivity index (χ2n) is 1.57. The molecule has 1 aliphatic heterocycles. The molecule has 0 N–H and O–H groups in total. The third-order valence-electron chi connectivity index (χ3n) is 0.724. The Hall–Kier alpha value is -0.850. The van der Waals surface area contributed by atoms with E-state index in [9.17, 15) is 8.42 Å². The summed E-state index contributed by atoms with van der Waals surface area (Å²) in [6, 6.07) is 0. The first kappa shape index (κ1) is 6.27. The Morgan fingerprint density at radius 2 is 1.67 bits per heavy atom. The molecular formula is C2H4N4O2S. The average Bonchev–Trinajstić information content (AvgIpc) is 2.08. The summed E-state index contributed by atoms with van der Waals surface area (Å²) in [7, 11) is -3.22. The van der Waals surface area contributed by atoms with Crippen LogP contribution in [0.2, 0.25) is 0 Å². The Labute approximate surface area is 51.6 Å². The van der Waals surface area contributed by atoms with Gasteiger partial charge in [-0.15, -0.1) is 10.2 Å². The first-order chi connectivity index (χ1) is 4.11. The van der Waals surface area contributed by atoms with Crippen LogP contribution in [0.15, 0.2) is 20.7 Å². The van der Waals surface area contributed by atoms with Gasteiger partial charge in [-0.1, -0.05) is 0 Å². The zero-order valence-electron chi connectivity index (χ0n) is 4.59. The summed E-state index contributed by atoms with van der Waals surface area (Å²) in [6.07, 6.45) is 1.03. The minimum Gasteiger partial charge on any atom is -0.225 e. The molecule has 0 saturated carbocycles. The van der Waals surface area contributed by atoms with Gasteiger partial charge in [-0.3, -0.25) is 0 Å². The maximum Gasteiger partial charge on any atom is 0.283 e. The highest BCUT2D eigenvalue weighted by Crippen LogP contribution is 2.09. The van der Waals surface area contributed by atoms with Crippen molar-refractivity contribution in [2.24, 2.45) is 20.7 Å². The monoisotopic (exact) mass is 148 g/mol. The molecule has 0 aromatic heterocycles. The molecule has 0 radical (unpaired) electrons. The van der Waals surface area contributed by atoms with Gasteiger partial charge in [-0.05, 0) is 10.4 Å². The fraction of sp³-hybridized carbons (Fsp3) is 1.00. The highest BCUT2D eigenvalue weighted by Gasteiger charge is 2.21. The number of hydrogen-bond donors (Lipinski definition) is 0. The number of rotatable bonds is 1. The maximum atomic E-state index is 10.5. The minimum atomic E-state index is -3.22. The van der Waals surface area contributed by atoms with E-state index in [-0.39, 0.29) is 0 Å². The lowest BCUT2D eigenvalue weighted by atomic mass is 11.2. The summed E-state index contributed by atoms with van der Waals surface area (Å²) in [6.45, 7) is 0. The van der Waals surface area contributed by atoms with E-state index in [0.717, 1.165) is 6.26 Å². The van der Waals surface area contributed by atoms with Gasteiger partial charge in [-0.25, -0.2) is 8.42 Å². The summed E-state index contributed by atoms with van der Waals surface area (Å²) in [5, 5.41) is 12.5. The van der Waals surface area contributed by atoms with Gasteiger partial charge in [-0.2, -0.15) is 0 Å². The predicted octanol–water partition coefficient (Wildman–Crippen LogP) is 0.148. The number of sulfone groups is 1. The molecule has 0 aromatic rings. The third kappa shape index (κ3) is 1.28. The maximum absolute atomic E-state index is 10.5. The van der Waals surface area contributed by atoms with Gasteiger partial charge >= 0.3 is 0 Å². The first-order valence-electron chi connectivity index (χ1n) is 2.09. The zero-order chi connectivity index (χ0) is 6.91. The largest absolute Gasteiger partial charge is 0.283 e. The van der Waals surface area contributed by atoms with Gasteiger partial charge in [0.25, 0.3) is 5.50 Å². The molecule has 1 heterocycles. The van der Waals surface area contributed by atoms with Crippen molar-refractivity contribution in [1.82, 2.24) is 0 Å². The molecule has 0 bridgehead atoms. The van der Waals surface area contributed by atoms with Gasteiger partial charge in [0.15, 0.2) is 9.84 Å². The Balaban J connectivity index is 2.90. The Morgan fingerprint density at radius 1 is 1.22 bits per heavy atom. The van der Waals surface area contributed by atoms with Crippen LogP contribution in [-0.2, 0) is 9.84 Å². The summed E-state index contributed by atoms with van der Waals surface area (Å²) in [4.78, 5) is 0. The molecule has 0 saturated heterocycles. The van der Waals surface area contributed by atoms with E-state index in [4.69, 9.17) is 0 Å². The molecule has 0 spiro atoms. The fourth-order valence-corrected chi connectivity index (χ4v) is 0.756. The Morgan fingerprint density at radius 3 is 1.89 bits per heavy atom. The molecule has 0 aromatic carbocycles. The van der Waals surface area contributed by atoms with Crippen molar-refractivity contribution in [2.75, 3.05) is 6.26 Å². The van der Waals surface area contributed by atoms with Crippen LogP contribution < -0.4 is 0 Å². The average molecular weight is 148 g/mol. The topological polar surface area (TPSA) is 83.6 Å². The van der Waals surface area contributed by atoms with Crippen LogP contribution in [-0.4, -0.2) is 20.2 Å². The van der Waals surface area contributed by atoms with Gasteiger partial charge < -0.3 is 0 Å². The molecule has 0 aliphatic carbocycles. The lowest BCUT2D eigenvalue weighted by Gasteiger charge is -1.92. The van der Waals surface area contributed by atoms with Crippen LogP contribution in [0.3, 0.4) is 0 Å². The molecule has 0 unspecified atom stereocenters. The summed E-state index contributed by atoms with van der Waals surface area (Å²) < 4.78 is 21.1. The van der Waals surface area contributed by atoms with Crippen molar-refractivity contribution < 1.29 is 8.42 Å². The molecule has 7 heteroatoms. The van der Waals surface area contributed by atoms with Crippen LogP contribution in [0.5, 0.6) is 0 Å². The van der Waals surface area contributed by atoms with Crippen LogP contribution in [0.25, 0.3) is 0 Å². The summed E-state index contributed by atoms with van der Waals surface area (Å²) >= 11 is 0. The highest BCUT2D eigenvalue weighted by molar-refractivity contribution is 7.91. The normalized spacial score (nSPS) is 19.2. The summed E-state index contributed by atoms with van der Waals surface area (Å²) in [5.41, 5.74) is -1.10. The molecule has 0 fully saturated rings. The van der Waals surface area contributed by atoms with Crippen LogP contribution in [0.4, 0.5) is 0 Å². The van der Waals surface area contributed by atoms with Gasteiger partial charge in [0.05, 0.1) is 0 Å². The molecule has 1 aliphatic rings. The molecule has 0 amide bonds. The second kappa shape index (κ2) is 1.83. The zero-order valence-corrected chi connectivity index (χ0v) is 5.41. The Kier molecular flexibility index (Phi) is 1.28. The molecule has 6 nitrogen and oxygen atoms in total. The third-order valence-corrected chi connectivity index (χ3v) is 1.68. The molecule has 0 atom stereocenters.